The lowest BCUT2D eigenvalue weighted by atomic mass is 10.1. The van der Waals surface area contributed by atoms with Gasteiger partial charge in [-0.3, -0.25) is 13.9 Å². The molecule has 214 valence electrons. The Morgan fingerprint density at radius 2 is 1.55 bits per heavy atom. The van der Waals surface area contributed by atoms with Crippen LogP contribution in [-0.4, -0.2) is 57.4 Å². The SMILES string of the molecule is CCNC(=O)C(CC)N(CCc1ccccc1)C(=O)CN(c1ccc(C)cc1)S(=O)(=O)c1ccc(OCC)cc1. The fourth-order valence-electron chi connectivity index (χ4n) is 4.43. The van der Waals surface area contributed by atoms with Crippen LogP contribution in [-0.2, 0) is 26.0 Å². The Hall–Kier alpha value is -3.85. The summed E-state index contributed by atoms with van der Waals surface area (Å²) >= 11 is 0. The van der Waals surface area contributed by atoms with Crippen molar-refractivity contribution in [2.75, 3.05) is 30.5 Å². The van der Waals surface area contributed by atoms with Crippen molar-refractivity contribution < 1.29 is 22.7 Å². The average molecular weight is 566 g/mol. The molecule has 0 aliphatic heterocycles. The number of aryl methyl sites for hydroxylation is 1. The minimum Gasteiger partial charge on any atom is -0.494 e. The highest BCUT2D eigenvalue weighted by Crippen LogP contribution is 2.26. The summed E-state index contributed by atoms with van der Waals surface area (Å²) in [6, 6.07) is 22.1. The van der Waals surface area contributed by atoms with Gasteiger partial charge < -0.3 is 15.0 Å². The fraction of sp³-hybridized carbons (Fsp3) is 0.355. The van der Waals surface area contributed by atoms with Crippen molar-refractivity contribution in [1.29, 1.82) is 0 Å². The van der Waals surface area contributed by atoms with Gasteiger partial charge in [-0.05, 0) is 75.6 Å². The molecule has 0 aliphatic rings. The third kappa shape index (κ3) is 7.85. The predicted octanol–water partition coefficient (Wildman–Crippen LogP) is 4.58. The van der Waals surface area contributed by atoms with Crippen LogP contribution in [0, 0.1) is 6.92 Å². The Morgan fingerprint density at radius 3 is 2.12 bits per heavy atom. The van der Waals surface area contributed by atoms with E-state index >= 15 is 0 Å². The molecule has 3 rings (SSSR count). The Kier molecular flexibility index (Phi) is 11.1. The van der Waals surface area contributed by atoms with Gasteiger partial charge in [0.1, 0.15) is 18.3 Å². The molecule has 2 amide bonds. The highest BCUT2D eigenvalue weighted by molar-refractivity contribution is 7.92. The first-order valence-corrected chi connectivity index (χ1v) is 15.1. The monoisotopic (exact) mass is 565 g/mol. The first-order valence-electron chi connectivity index (χ1n) is 13.6. The average Bonchev–Trinajstić information content (AvgIpc) is 2.95. The van der Waals surface area contributed by atoms with Crippen molar-refractivity contribution in [1.82, 2.24) is 10.2 Å². The molecule has 40 heavy (non-hydrogen) atoms. The van der Waals surface area contributed by atoms with E-state index in [2.05, 4.69) is 5.32 Å². The number of hydrogen-bond acceptors (Lipinski definition) is 5. The summed E-state index contributed by atoms with van der Waals surface area (Å²) in [4.78, 5) is 28.5. The van der Waals surface area contributed by atoms with Crippen molar-refractivity contribution in [2.45, 2.75) is 51.5 Å². The largest absolute Gasteiger partial charge is 0.494 e. The lowest BCUT2D eigenvalue weighted by molar-refractivity contribution is -0.139. The van der Waals surface area contributed by atoms with Crippen LogP contribution >= 0.6 is 0 Å². The van der Waals surface area contributed by atoms with Gasteiger partial charge in [0.05, 0.1) is 17.2 Å². The van der Waals surface area contributed by atoms with Crippen molar-refractivity contribution in [3.8, 4) is 5.75 Å². The maximum Gasteiger partial charge on any atom is 0.264 e. The quantitative estimate of drug-likeness (QED) is 0.309. The van der Waals surface area contributed by atoms with Crippen molar-refractivity contribution in [3.63, 3.8) is 0 Å². The van der Waals surface area contributed by atoms with Crippen LogP contribution in [0.25, 0.3) is 0 Å². The van der Waals surface area contributed by atoms with Gasteiger partial charge in [-0.15, -0.1) is 0 Å². The molecule has 0 bridgehead atoms. The standard InChI is InChI=1S/C31H39N3O5S/c1-5-29(31(36)32-6-2)33(22-21-25-11-9-8-10-12-25)30(35)23-34(26-15-13-24(4)14-16-26)40(37,38)28-19-17-27(18-20-28)39-7-3/h8-20,29H,5-7,21-23H2,1-4H3,(H,32,36). The molecule has 1 atom stereocenters. The van der Waals surface area contributed by atoms with Crippen LogP contribution in [0.4, 0.5) is 5.69 Å². The topological polar surface area (TPSA) is 96.0 Å². The van der Waals surface area contributed by atoms with E-state index in [1.165, 1.54) is 17.0 Å². The van der Waals surface area contributed by atoms with Gasteiger partial charge >= 0.3 is 0 Å². The van der Waals surface area contributed by atoms with Gasteiger partial charge in [-0.25, -0.2) is 8.42 Å². The number of benzene rings is 3. The highest BCUT2D eigenvalue weighted by atomic mass is 32.2. The molecular formula is C31H39N3O5S. The van der Waals surface area contributed by atoms with Gasteiger partial charge in [-0.2, -0.15) is 0 Å². The molecule has 0 saturated carbocycles. The third-order valence-corrected chi connectivity index (χ3v) is 8.33. The smallest absolute Gasteiger partial charge is 0.264 e. The number of amides is 2. The summed E-state index contributed by atoms with van der Waals surface area (Å²) < 4.78 is 34.5. The minimum absolute atomic E-state index is 0.0379. The summed E-state index contributed by atoms with van der Waals surface area (Å²) in [5.41, 5.74) is 2.34. The van der Waals surface area contributed by atoms with E-state index in [1.54, 1.807) is 36.4 Å². The zero-order valence-electron chi connectivity index (χ0n) is 23.7. The number of ether oxygens (including phenoxy) is 1. The molecular weight excluding hydrogens is 526 g/mol. The molecule has 3 aromatic carbocycles. The van der Waals surface area contributed by atoms with E-state index in [0.29, 0.717) is 37.4 Å². The van der Waals surface area contributed by atoms with Crippen LogP contribution in [0.15, 0.2) is 83.8 Å². The van der Waals surface area contributed by atoms with Crippen LogP contribution < -0.4 is 14.4 Å². The molecule has 8 nitrogen and oxygen atoms in total. The predicted molar refractivity (Wildman–Crippen MR) is 158 cm³/mol. The lowest BCUT2D eigenvalue weighted by Gasteiger charge is -2.33. The molecule has 1 N–H and O–H groups in total. The first-order chi connectivity index (χ1) is 19.2. The number of nitrogens with zero attached hydrogens (tertiary/aromatic N) is 2. The zero-order chi connectivity index (χ0) is 29.1. The van der Waals surface area contributed by atoms with Crippen LogP contribution in [0.3, 0.4) is 0 Å². The van der Waals surface area contributed by atoms with E-state index in [0.717, 1.165) is 15.4 Å². The second kappa shape index (κ2) is 14.5. The maximum atomic E-state index is 14.0. The Morgan fingerprint density at radius 1 is 0.900 bits per heavy atom. The van der Waals surface area contributed by atoms with Gasteiger partial charge in [0, 0.05) is 13.1 Å². The Labute approximate surface area is 238 Å². The second-order valence-corrected chi connectivity index (χ2v) is 11.3. The van der Waals surface area contributed by atoms with Crippen LogP contribution in [0.1, 0.15) is 38.3 Å². The summed E-state index contributed by atoms with van der Waals surface area (Å²) in [5, 5.41) is 2.82. The molecule has 9 heteroatoms. The zero-order valence-corrected chi connectivity index (χ0v) is 24.5. The Bertz CT molecular complexity index is 1340. The fourth-order valence-corrected chi connectivity index (χ4v) is 5.84. The molecule has 0 saturated heterocycles. The first kappa shape index (κ1) is 30.7. The molecule has 0 spiro atoms. The van der Waals surface area contributed by atoms with Crippen molar-refractivity contribution >= 4 is 27.5 Å². The van der Waals surface area contributed by atoms with E-state index in [1.807, 2.05) is 58.0 Å². The minimum atomic E-state index is -4.13. The number of rotatable bonds is 14. The number of carbonyl (C=O) groups excluding carboxylic acids is 2. The van der Waals surface area contributed by atoms with E-state index < -0.39 is 28.5 Å². The third-order valence-electron chi connectivity index (χ3n) is 6.54. The van der Waals surface area contributed by atoms with Crippen LogP contribution in [0.2, 0.25) is 0 Å². The van der Waals surface area contributed by atoms with E-state index in [4.69, 9.17) is 4.74 Å². The second-order valence-electron chi connectivity index (χ2n) is 9.39. The van der Waals surface area contributed by atoms with Crippen molar-refractivity contribution in [2.24, 2.45) is 0 Å². The van der Waals surface area contributed by atoms with Gasteiger partial charge in [0.25, 0.3) is 10.0 Å². The Balaban J connectivity index is 1.99. The van der Waals surface area contributed by atoms with E-state index in [9.17, 15) is 18.0 Å². The molecule has 0 fully saturated rings. The number of anilines is 1. The van der Waals surface area contributed by atoms with Gasteiger partial charge in [0.15, 0.2) is 0 Å². The lowest BCUT2D eigenvalue weighted by Crippen LogP contribution is -2.53. The molecule has 3 aromatic rings. The number of sulfonamides is 1. The van der Waals surface area contributed by atoms with Crippen molar-refractivity contribution in [3.05, 3.63) is 90.0 Å². The number of carbonyl (C=O) groups is 2. The van der Waals surface area contributed by atoms with Crippen LogP contribution in [0.5, 0.6) is 5.75 Å². The van der Waals surface area contributed by atoms with E-state index in [-0.39, 0.29) is 17.3 Å². The summed E-state index contributed by atoms with van der Waals surface area (Å²) in [7, 11) is -4.13. The summed E-state index contributed by atoms with van der Waals surface area (Å²) in [6.45, 7) is 8.12. The molecule has 1 unspecified atom stereocenters. The maximum absolute atomic E-state index is 14.0. The molecule has 0 heterocycles. The molecule has 0 aromatic heterocycles. The summed E-state index contributed by atoms with van der Waals surface area (Å²) in [5.74, 6) is -0.161. The molecule has 0 aliphatic carbocycles. The van der Waals surface area contributed by atoms with Gasteiger partial charge in [0.2, 0.25) is 11.8 Å². The normalized spacial score (nSPS) is 11.9. The van der Waals surface area contributed by atoms with Gasteiger partial charge in [-0.1, -0.05) is 55.0 Å². The highest BCUT2D eigenvalue weighted by Gasteiger charge is 2.33. The molecule has 0 radical (unpaired) electrons. The number of hydrogen-bond donors (Lipinski definition) is 1. The number of nitrogens with one attached hydrogen (secondary N) is 1. The number of likely N-dealkylation sites (N-methyl/N-ethyl adjacent to an activating group) is 1. The summed E-state index contributed by atoms with van der Waals surface area (Å²) in [6.07, 6.45) is 0.918.